The summed E-state index contributed by atoms with van der Waals surface area (Å²) >= 11 is 0. The Morgan fingerprint density at radius 2 is 1.68 bits per heavy atom. The first-order chi connectivity index (χ1) is 17.8. The second-order valence-corrected chi connectivity index (χ2v) is 12.1. The molecule has 37 heavy (non-hydrogen) atoms. The molecule has 0 aromatic heterocycles. The van der Waals surface area contributed by atoms with Gasteiger partial charge in [-0.25, -0.2) is 0 Å². The molecule has 192 valence electrons. The highest BCUT2D eigenvalue weighted by Gasteiger charge is 2.60. The second kappa shape index (κ2) is 8.97. The lowest BCUT2D eigenvalue weighted by atomic mass is 9.50. The van der Waals surface area contributed by atoms with Crippen LogP contribution in [-0.4, -0.2) is 24.0 Å². The van der Waals surface area contributed by atoms with Crippen LogP contribution in [0.2, 0.25) is 0 Å². The van der Waals surface area contributed by atoms with Gasteiger partial charge in [-0.05, 0) is 67.4 Å². The van der Waals surface area contributed by atoms with Gasteiger partial charge in [0.25, 0.3) is 0 Å². The maximum Gasteiger partial charge on any atom is 0.228 e. The first-order valence-corrected chi connectivity index (χ1v) is 13.8. The molecule has 0 radical (unpaired) electrons. The van der Waals surface area contributed by atoms with Gasteiger partial charge in [0.1, 0.15) is 0 Å². The predicted molar refractivity (Wildman–Crippen MR) is 144 cm³/mol. The van der Waals surface area contributed by atoms with Crippen LogP contribution in [0.15, 0.2) is 66.4 Å². The maximum absolute atomic E-state index is 13.8. The van der Waals surface area contributed by atoms with Gasteiger partial charge in [0, 0.05) is 47.2 Å². The molecule has 4 aliphatic rings. The highest BCUT2D eigenvalue weighted by atomic mass is 16.2. The minimum atomic E-state index is -0.0798. The molecule has 1 saturated heterocycles. The Morgan fingerprint density at radius 3 is 2.49 bits per heavy atom. The monoisotopic (exact) mass is 496 g/mol. The normalized spacial score (nSPS) is 34.3. The predicted octanol–water partition coefficient (Wildman–Crippen LogP) is 5.77. The molecular formula is C32H36N2O3. The lowest BCUT2D eigenvalue weighted by Gasteiger charge is -2.58. The number of benzene rings is 2. The second-order valence-electron chi connectivity index (χ2n) is 12.1. The van der Waals surface area contributed by atoms with Gasteiger partial charge in [-0.3, -0.25) is 14.4 Å². The van der Waals surface area contributed by atoms with Gasteiger partial charge in [0.15, 0.2) is 11.6 Å². The Labute approximate surface area is 219 Å². The van der Waals surface area contributed by atoms with Crippen molar-refractivity contribution >= 4 is 23.2 Å². The van der Waals surface area contributed by atoms with Crippen molar-refractivity contribution in [2.24, 2.45) is 34.5 Å². The number of piperidine rings is 1. The number of carbonyl (C=O) groups is 3. The summed E-state index contributed by atoms with van der Waals surface area (Å²) in [4.78, 5) is 39.1. The topological polar surface area (TPSA) is 75.3 Å². The number of hydrogen-bond acceptors (Lipinski definition) is 4. The molecule has 0 unspecified atom stereocenters. The molecule has 3 fully saturated rings. The molecular weight excluding hydrogens is 460 g/mol. The maximum atomic E-state index is 13.8. The molecule has 1 aliphatic heterocycles. The van der Waals surface area contributed by atoms with Gasteiger partial charge >= 0.3 is 0 Å². The van der Waals surface area contributed by atoms with Crippen LogP contribution < -0.4 is 10.6 Å². The summed E-state index contributed by atoms with van der Waals surface area (Å²) in [7, 11) is 0. The van der Waals surface area contributed by atoms with Crippen molar-refractivity contribution < 1.29 is 14.4 Å². The number of anilines is 1. The zero-order chi connectivity index (χ0) is 25.8. The van der Waals surface area contributed by atoms with Gasteiger partial charge in [0.2, 0.25) is 5.91 Å². The van der Waals surface area contributed by atoms with Crippen molar-refractivity contribution in [3.05, 3.63) is 77.5 Å². The van der Waals surface area contributed by atoms with E-state index in [4.69, 9.17) is 0 Å². The number of fused-ring (bicyclic) bond motifs is 5. The highest BCUT2D eigenvalue weighted by molar-refractivity contribution is 6.14. The van der Waals surface area contributed by atoms with Crippen LogP contribution in [0.5, 0.6) is 0 Å². The Morgan fingerprint density at radius 1 is 0.919 bits per heavy atom. The van der Waals surface area contributed by atoms with Crippen LogP contribution in [0.25, 0.3) is 0 Å². The molecule has 6 rings (SSSR count). The van der Waals surface area contributed by atoms with E-state index >= 15 is 0 Å². The van der Waals surface area contributed by atoms with Crippen molar-refractivity contribution in [2.45, 2.75) is 52.4 Å². The third kappa shape index (κ3) is 3.86. The minimum absolute atomic E-state index is 0.0369. The number of amides is 1. The summed E-state index contributed by atoms with van der Waals surface area (Å²) in [6.45, 7) is 5.56. The molecule has 0 bridgehead atoms. The summed E-state index contributed by atoms with van der Waals surface area (Å²) in [5.74, 6) is 1.67. The zero-order valence-electron chi connectivity index (χ0n) is 21.8. The van der Waals surface area contributed by atoms with E-state index in [0.717, 1.165) is 44.3 Å². The van der Waals surface area contributed by atoms with Crippen molar-refractivity contribution in [1.82, 2.24) is 5.32 Å². The van der Waals surface area contributed by atoms with E-state index in [9.17, 15) is 14.4 Å². The Bertz CT molecular complexity index is 1280. The molecule has 1 amide bonds. The Kier molecular flexibility index (Phi) is 5.85. The van der Waals surface area contributed by atoms with E-state index < -0.39 is 0 Å². The Hall–Kier alpha value is -3.21. The van der Waals surface area contributed by atoms with Gasteiger partial charge in [-0.1, -0.05) is 56.3 Å². The summed E-state index contributed by atoms with van der Waals surface area (Å²) < 4.78 is 0. The number of hydrogen-bond donors (Lipinski definition) is 2. The van der Waals surface area contributed by atoms with E-state index in [0.29, 0.717) is 41.0 Å². The van der Waals surface area contributed by atoms with Gasteiger partial charge in [-0.15, -0.1) is 0 Å². The average molecular weight is 497 g/mol. The molecule has 1 heterocycles. The first kappa shape index (κ1) is 24.1. The highest BCUT2D eigenvalue weighted by Crippen LogP contribution is 2.64. The van der Waals surface area contributed by atoms with Crippen LogP contribution in [0.3, 0.4) is 0 Å². The molecule has 0 spiro atoms. The fraction of sp³-hybridized carbons (Fsp3) is 0.469. The molecule has 2 aromatic rings. The lowest BCUT2D eigenvalue weighted by Crippen LogP contribution is -2.57. The quantitative estimate of drug-likeness (QED) is 0.527. The van der Waals surface area contributed by atoms with E-state index in [1.807, 2.05) is 54.6 Å². The molecule has 2 N–H and O–H groups in total. The Balaban J connectivity index is 1.22. The fourth-order valence-corrected chi connectivity index (χ4v) is 8.33. The molecule has 2 saturated carbocycles. The molecule has 5 heteroatoms. The smallest absolute Gasteiger partial charge is 0.228 e. The van der Waals surface area contributed by atoms with Crippen LogP contribution in [0, 0.1) is 34.5 Å². The van der Waals surface area contributed by atoms with E-state index in [1.54, 1.807) is 6.07 Å². The summed E-state index contributed by atoms with van der Waals surface area (Å²) in [6, 6.07) is 16.6. The third-order valence-corrected chi connectivity index (χ3v) is 10.4. The number of ketones is 2. The van der Waals surface area contributed by atoms with Crippen molar-refractivity contribution in [3.8, 4) is 0 Å². The van der Waals surface area contributed by atoms with Crippen molar-refractivity contribution in [1.29, 1.82) is 0 Å². The van der Waals surface area contributed by atoms with E-state index in [-0.39, 0.29) is 34.2 Å². The van der Waals surface area contributed by atoms with E-state index in [1.165, 1.54) is 0 Å². The molecule has 5 nitrogen and oxygen atoms in total. The summed E-state index contributed by atoms with van der Waals surface area (Å²) in [6.07, 6.45) is 7.46. The van der Waals surface area contributed by atoms with Crippen molar-refractivity contribution in [2.75, 3.05) is 11.9 Å². The van der Waals surface area contributed by atoms with Crippen LogP contribution in [0.4, 0.5) is 5.69 Å². The summed E-state index contributed by atoms with van der Waals surface area (Å²) in [5.41, 5.74) is 2.85. The van der Waals surface area contributed by atoms with Crippen LogP contribution >= 0.6 is 0 Å². The van der Waals surface area contributed by atoms with E-state index in [2.05, 4.69) is 24.5 Å². The van der Waals surface area contributed by atoms with Crippen molar-refractivity contribution in [3.63, 3.8) is 0 Å². The largest absolute Gasteiger partial charge is 0.387 e. The zero-order valence-corrected chi connectivity index (χ0v) is 21.8. The molecule has 3 aliphatic carbocycles. The fourth-order valence-electron chi connectivity index (χ4n) is 8.33. The molecule has 2 aromatic carbocycles. The van der Waals surface area contributed by atoms with Gasteiger partial charge in [-0.2, -0.15) is 0 Å². The number of para-hydroxylation sites is 1. The number of nitrogens with one attached hydrogen (secondary N) is 2. The third-order valence-electron chi connectivity index (χ3n) is 10.4. The van der Waals surface area contributed by atoms with Gasteiger partial charge in [0.05, 0.1) is 5.69 Å². The van der Waals surface area contributed by atoms with Crippen LogP contribution in [-0.2, 0) is 9.59 Å². The number of carbonyl (C=O) groups excluding carboxylic acids is 3. The SMILES string of the molecule is C[C@]12CC[C@H]3[C@@H](CNC4=CC(=O)CC[C@@]43C)[C@@H]1CC[C@@H]2C(=O)Nc1ccccc1C(=O)c1ccccc1. The number of rotatable bonds is 4. The standard InChI is InChI=1S/C32H36N2O3/c1-31-17-15-25-23(19-33-28-18-21(35)14-16-32(25,28)2)24(31)12-13-26(31)30(37)34-27-11-7-6-10-22(27)29(36)20-8-4-3-5-9-20/h3-11,18,23-26,33H,12-17,19H2,1-2H3,(H,34,37)/t23-,24-,25-,26+,31-,32+/m0/s1. The average Bonchev–Trinajstić information content (AvgIpc) is 3.27. The first-order valence-electron chi connectivity index (χ1n) is 13.8. The lowest BCUT2D eigenvalue weighted by molar-refractivity contribution is -0.127. The van der Waals surface area contributed by atoms with Crippen LogP contribution in [0.1, 0.15) is 68.3 Å². The summed E-state index contributed by atoms with van der Waals surface area (Å²) in [5, 5.41) is 6.81. The van der Waals surface area contributed by atoms with Gasteiger partial charge < -0.3 is 10.6 Å². The number of allylic oxidation sites excluding steroid dienone is 2. The molecule has 6 atom stereocenters. The minimum Gasteiger partial charge on any atom is -0.387 e.